The highest BCUT2D eigenvalue weighted by atomic mass is 16.5. The topological polar surface area (TPSA) is 70.1 Å². The van der Waals surface area contributed by atoms with Crippen molar-refractivity contribution in [3.8, 4) is 5.75 Å². The summed E-state index contributed by atoms with van der Waals surface area (Å²) in [6, 6.07) is 21.1. The molecule has 168 valence electrons. The number of aryl methyl sites for hydroxylation is 1. The summed E-state index contributed by atoms with van der Waals surface area (Å²) in [7, 11) is 5.43. The average Bonchev–Trinajstić information content (AvgIpc) is 3.09. The number of aliphatic hydroxyl groups excluding tert-OH is 1. The van der Waals surface area contributed by atoms with Gasteiger partial charge in [-0.25, -0.2) is 0 Å². The number of hydrogen-bond donors (Lipinski definition) is 1. The number of ether oxygens (including phenoxy) is 1. The highest BCUT2D eigenvalue weighted by Crippen LogP contribution is 2.42. The van der Waals surface area contributed by atoms with E-state index in [-0.39, 0.29) is 11.3 Å². The Morgan fingerprint density at radius 3 is 2.21 bits per heavy atom. The van der Waals surface area contributed by atoms with Gasteiger partial charge in [0.05, 0.1) is 18.7 Å². The number of Topliss-reactive ketones (excluding diaryl/α,β-unsaturated/α-hetero) is 1. The molecule has 0 bridgehead atoms. The van der Waals surface area contributed by atoms with Gasteiger partial charge >= 0.3 is 0 Å². The van der Waals surface area contributed by atoms with Crippen LogP contribution in [0.2, 0.25) is 0 Å². The third-order valence-electron chi connectivity index (χ3n) is 5.89. The van der Waals surface area contributed by atoms with Crippen LogP contribution in [0.3, 0.4) is 0 Å². The van der Waals surface area contributed by atoms with E-state index in [2.05, 4.69) is 0 Å². The van der Waals surface area contributed by atoms with Crippen molar-refractivity contribution in [1.82, 2.24) is 0 Å². The van der Waals surface area contributed by atoms with E-state index in [1.54, 1.807) is 25.3 Å². The summed E-state index contributed by atoms with van der Waals surface area (Å²) in [5, 5.41) is 11.3. The van der Waals surface area contributed by atoms with Gasteiger partial charge in [0.2, 0.25) is 0 Å². The summed E-state index contributed by atoms with van der Waals surface area (Å²) in [6.07, 6.45) is 0. The molecule has 6 heteroatoms. The summed E-state index contributed by atoms with van der Waals surface area (Å²) in [6.45, 7) is 1.82. The van der Waals surface area contributed by atoms with Crippen molar-refractivity contribution in [3.05, 3.63) is 95.1 Å². The van der Waals surface area contributed by atoms with Gasteiger partial charge in [-0.2, -0.15) is 0 Å². The van der Waals surface area contributed by atoms with Crippen LogP contribution < -0.4 is 14.5 Å². The van der Waals surface area contributed by atoms with Crippen LogP contribution >= 0.6 is 0 Å². The number of benzene rings is 3. The lowest BCUT2D eigenvalue weighted by Gasteiger charge is -2.26. The quantitative estimate of drug-likeness (QED) is 0.353. The molecule has 1 atom stereocenters. The van der Waals surface area contributed by atoms with Gasteiger partial charge in [-0.05, 0) is 60.5 Å². The number of hydrogen-bond acceptors (Lipinski definition) is 5. The second-order valence-corrected chi connectivity index (χ2v) is 8.17. The van der Waals surface area contributed by atoms with E-state index in [1.807, 2.05) is 80.5 Å². The molecule has 1 aliphatic heterocycles. The molecular formula is C27H26N2O4. The Labute approximate surface area is 193 Å². The van der Waals surface area contributed by atoms with Gasteiger partial charge in [0, 0.05) is 31.0 Å². The molecule has 33 heavy (non-hydrogen) atoms. The van der Waals surface area contributed by atoms with Crippen molar-refractivity contribution in [2.24, 2.45) is 0 Å². The molecule has 6 nitrogen and oxygen atoms in total. The molecule has 0 saturated carbocycles. The van der Waals surface area contributed by atoms with Crippen molar-refractivity contribution in [2.75, 3.05) is 31.0 Å². The molecule has 4 rings (SSSR count). The molecule has 0 aromatic heterocycles. The van der Waals surface area contributed by atoms with Crippen LogP contribution in [0, 0.1) is 6.92 Å². The van der Waals surface area contributed by atoms with Crippen LogP contribution in [0.1, 0.15) is 22.7 Å². The first-order chi connectivity index (χ1) is 15.8. The van der Waals surface area contributed by atoms with Crippen molar-refractivity contribution in [3.63, 3.8) is 0 Å². The predicted molar refractivity (Wildman–Crippen MR) is 130 cm³/mol. The third-order valence-corrected chi connectivity index (χ3v) is 5.89. The lowest BCUT2D eigenvalue weighted by Crippen LogP contribution is -2.29. The van der Waals surface area contributed by atoms with Crippen molar-refractivity contribution >= 4 is 28.8 Å². The number of aliphatic hydroxyl groups is 1. The van der Waals surface area contributed by atoms with Gasteiger partial charge < -0.3 is 14.7 Å². The summed E-state index contributed by atoms with van der Waals surface area (Å²) in [4.78, 5) is 29.9. The van der Waals surface area contributed by atoms with Crippen LogP contribution in [-0.4, -0.2) is 38.0 Å². The van der Waals surface area contributed by atoms with Gasteiger partial charge in [0.1, 0.15) is 11.5 Å². The monoisotopic (exact) mass is 442 g/mol. The molecule has 1 amide bonds. The van der Waals surface area contributed by atoms with Crippen molar-refractivity contribution < 1.29 is 19.4 Å². The summed E-state index contributed by atoms with van der Waals surface area (Å²) < 4.78 is 5.25. The normalized spacial score (nSPS) is 17.3. The summed E-state index contributed by atoms with van der Waals surface area (Å²) in [5.74, 6) is -0.942. The molecular weight excluding hydrogens is 416 g/mol. The highest BCUT2D eigenvalue weighted by molar-refractivity contribution is 6.51. The molecule has 1 fully saturated rings. The zero-order valence-corrected chi connectivity index (χ0v) is 19.1. The first-order valence-corrected chi connectivity index (χ1v) is 10.6. The predicted octanol–water partition coefficient (Wildman–Crippen LogP) is 4.70. The minimum atomic E-state index is -0.752. The molecule has 1 aliphatic rings. The fourth-order valence-electron chi connectivity index (χ4n) is 4.13. The number of amides is 1. The van der Waals surface area contributed by atoms with Crippen LogP contribution in [0.25, 0.3) is 5.76 Å². The fourth-order valence-corrected chi connectivity index (χ4v) is 4.13. The number of nitrogens with zero attached hydrogens (tertiary/aromatic N) is 2. The minimum absolute atomic E-state index is 0.0659. The second kappa shape index (κ2) is 8.82. The van der Waals surface area contributed by atoms with Crippen LogP contribution in [-0.2, 0) is 9.59 Å². The Bertz CT molecular complexity index is 1230. The summed E-state index contributed by atoms with van der Waals surface area (Å²) >= 11 is 0. The summed E-state index contributed by atoms with van der Waals surface area (Å²) in [5.41, 5.74) is 3.58. The Hall–Kier alpha value is -4.06. The maximum atomic E-state index is 13.3. The maximum Gasteiger partial charge on any atom is 0.300 e. The number of anilines is 2. The number of carbonyl (C=O) groups excluding carboxylic acids is 2. The van der Waals surface area contributed by atoms with Crippen LogP contribution in [0.15, 0.2) is 78.4 Å². The zero-order valence-electron chi connectivity index (χ0n) is 19.1. The van der Waals surface area contributed by atoms with E-state index in [0.717, 1.165) is 16.8 Å². The van der Waals surface area contributed by atoms with E-state index in [9.17, 15) is 14.7 Å². The number of rotatable bonds is 5. The molecule has 3 aromatic rings. The molecule has 0 aliphatic carbocycles. The minimum Gasteiger partial charge on any atom is -0.507 e. The molecule has 1 N–H and O–H groups in total. The van der Waals surface area contributed by atoms with E-state index in [4.69, 9.17) is 4.74 Å². The van der Waals surface area contributed by atoms with Gasteiger partial charge in [0.25, 0.3) is 11.7 Å². The molecule has 1 heterocycles. The first kappa shape index (κ1) is 22.1. The van der Waals surface area contributed by atoms with E-state index in [1.165, 1.54) is 4.90 Å². The Morgan fingerprint density at radius 2 is 1.64 bits per heavy atom. The molecule has 1 unspecified atom stereocenters. The number of methoxy groups -OCH3 is 1. The van der Waals surface area contributed by atoms with Gasteiger partial charge in [0.15, 0.2) is 0 Å². The van der Waals surface area contributed by atoms with Crippen molar-refractivity contribution in [1.29, 1.82) is 0 Å². The molecule has 3 aromatic carbocycles. The second-order valence-electron chi connectivity index (χ2n) is 8.17. The Balaban J connectivity index is 1.90. The van der Waals surface area contributed by atoms with Crippen LogP contribution in [0.5, 0.6) is 5.75 Å². The maximum absolute atomic E-state index is 13.3. The fraction of sp³-hybridized carbons (Fsp3) is 0.185. The standard InChI is InChI=1S/C27H26N2O4/c1-17-16-21(33-4)14-15-22(17)25(30)23-24(18-8-6-5-7-9-18)29(27(32)26(23)31)20-12-10-19(11-13-20)28(2)3/h5-16,24,30H,1-4H3/b25-23-. The first-order valence-electron chi connectivity index (χ1n) is 10.6. The van der Waals surface area contributed by atoms with Gasteiger partial charge in [-0.15, -0.1) is 0 Å². The van der Waals surface area contributed by atoms with Gasteiger partial charge in [-0.1, -0.05) is 30.3 Å². The SMILES string of the molecule is COc1ccc(/C(O)=C2/C(=O)C(=O)N(c3ccc(N(C)C)cc3)C2c2ccccc2)c(C)c1. The van der Waals surface area contributed by atoms with E-state index < -0.39 is 17.7 Å². The Kier molecular flexibility index (Phi) is 5.92. The van der Waals surface area contributed by atoms with Crippen molar-refractivity contribution in [2.45, 2.75) is 13.0 Å². The Morgan fingerprint density at radius 1 is 0.970 bits per heavy atom. The van der Waals surface area contributed by atoms with Gasteiger partial charge in [-0.3, -0.25) is 14.5 Å². The highest BCUT2D eigenvalue weighted by Gasteiger charge is 2.47. The van der Waals surface area contributed by atoms with E-state index in [0.29, 0.717) is 17.0 Å². The number of ketones is 1. The zero-order chi connectivity index (χ0) is 23.7. The largest absolute Gasteiger partial charge is 0.507 e. The third kappa shape index (κ3) is 3.96. The lowest BCUT2D eigenvalue weighted by atomic mass is 9.93. The average molecular weight is 443 g/mol. The van der Waals surface area contributed by atoms with E-state index >= 15 is 0 Å². The molecule has 1 saturated heterocycles. The van der Waals surface area contributed by atoms with Crippen LogP contribution in [0.4, 0.5) is 11.4 Å². The molecule has 0 radical (unpaired) electrons. The lowest BCUT2D eigenvalue weighted by molar-refractivity contribution is -0.132. The number of carbonyl (C=O) groups is 2. The smallest absolute Gasteiger partial charge is 0.300 e. The molecule has 0 spiro atoms.